The molecule has 0 saturated carbocycles. The molecule has 0 aliphatic heterocycles. The first kappa shape index (κ1) is 11.9. The van der Waals surface area contributed by atoms with Crippen molar-refractivity contribution >= 4 is 51.4 Å². The van der Waals surface area contributed by atoms with Crippen molar-refractivity contribution in [2.75, 3.05) is 0 Å². The summed E-state index contributed by atoms with van der Waals surface area (Å²) in [6.45, 7) is 2.23. The third-order valence-corrected chi connectivity index (χ3v) is 1.66. The molecule has 0 saturated heterocycles. The zero-order valence-corrected chi connectivity index (χ0v) is 6.51. The number of hydrogen-bond donors (Lipinski definition) is 0. The molecule has 56 valence electrons. The molecule has 0 atom stereocenters. The fraction of sp³-hybridized carbons (Fsp3) is 0.400. The molecule has 1 rings (SSSR count). The zero-order valence-electron chi connectivity index (χ0n) is 6.51. The molecule has 0 bridgehead atoms. The van der Waals surface area contributed by atoms with Gasteiger partial charge >= 0.3 is 51.4 Å². The minimum absolute atomic E-state index is 0. The number of benzene rings is 1. The number of aryl methyl sites for hydroxylation is 1. The second kappa shape index (κ2) is 7.50. The van der Waals surface area contributed by atoms with Gasteiger partial charge in [0.15, 0.2) is 0 Å². The molecule has 0 spiro atoms. The van der Waals surface area contributed by atoms with E-state index in [2.05, 4.69) is 37.3 Å². The molecule has 0 unspecified atom stereocenters. The quantitative estimate of drug-likeness (QED) is 0.617. The van der Waals surface area contributed by atoms with Crippen LogP contribution in [-0.2, 0) is 6.42 Å². The van der Waals surface area contributed by atoms with Gasteiger partial charge < -0.3 is 0 Å². The van der Waals surface area contributed by atoms with E-state index in [1.807, 2.05) is 0 Å². The second-order valence-electron chi connectivity index (χ2n) is 2.59. The molecule has 0 radical (unpaired) electrons. The van der Waals surface area contributed by atoms with E-state index in [1.165, 1.54) is 24.8 Å². The molecular formula is C10H15K. The predicted molar refractivity (Wildman–Crippen MR) is 52.2 cm³/mol. The summed E-state index contributed by atoms with van der Waals surface area (Å²) >= 11 is 0. The number of hydrogen-bond acceptors (Lipinski definition) is 0. The summed E-state index contributed by atoms with van der Waals surface area (Å²) in [6.07, 6.45) is 3.83. The Morgan fingerprint density at radius 1 is 1.09 bits per heavy atom. The van der Waals surface area contributed by atoms with E-state index in [9.17, 15) is 0 Å². The summed E-state index contributed by atoms with van der Waals surface area (Å²) in [4.78, 5) is 0. The van der Waals surface area contributed by atoms with Crippen LogP contribution in [0, 0.1) is 0 Å². The van der Waals surface area contributed by atoms with Crippen LogP contribution in [0.4, 0.5) is 0 Å². The van der Waals surface area contributed by atoms with Gasteiger partial charge in [-0.1, -0.05) is 43.7 Å². The van der Waals surface area contributed by atoms with Gasteiger partial charge in [0.2, 0.25) is 0 Å². The first-order valence-electron chi connectivity index (χ1n) is 3.97. The van der Waals surface area contributed by atoms with Crippen molar-refractivity contribution in [3.8, 4) is 0 Å². The molecule has 1 aromatic carbocycles. The molecule has 0 fully saturated rings. The van der Waals surface area contributed by atoms with E-state index in [0.29, 0.717) is 0 Å². The van der Waals surface area contributed by atoms with Gasteiger partial charge in [-0.3, -0.25) is 0 Å². The van der Waals surface area contributed by atoms with E-state index in [4.69, 9.17) is 0 Å². The molecule has 1 heteroatoms. The monoisotopic (exact) mass is 174 g/mol. The van der Waals surface area contributed by atoms with E-state index in [0.717, 1.165) is 0 Å². The van der Waals surface area contributed by atoms with Gasteiger partial charge in [0.05, 0.1) is 0 Å². The molecule has 0 heterocycles. The molecule has 0 aromatic heterocycles. The Morgan fingerprint density at radius 2 is 1.73 bits per heavy atom. The molecule has 0 aliphatic carbocycles. The minimum atomic E-state index is 0. The Balaban J connectivity index is 0.000001000. The van der Waals surface area contributed by atoms with Gasteiger partial charge in [-0.25, -0.2) is 0 Å². The molecule has 11 heavy (non-hydrogen) atoms. The average molecular weight is 174 g/mol. The zero-order chi connectivity index (χ0) is 7.23. The van der Waals surface area contributed by atoms with Crippen LogP contribution in [0.15, 0.2) is 30.3 Å². The van der Waals surface area contributed by atoms with Crippen molar-refractivity contribution in [3.63, 3.8) is 0 Å². The third-order valence-electron chi connectivity index (χ3n) is 1.66. The fourth-order valence-corrected chi connectivity index (χ4v) is 1.03. The van der Waals surface area contributed by atoms with Crippen LogP contribution in [0.5, 0.6) is 0 Å². The average Bonchev–Trinajstić information content (AvgIpc) is 2.03. The number of rotatable bonds is 3. The molecule has 0 N–H and O–H groups in total. The summed E-state index contributed by atoms with van der Waals surface area (Å²) in [5.74, 6) is 0. The van der Waals surface area contributed by atoms with Crippen molar-refractivity contribution < 1.29 is 0 Å². The Kier molecular flexibility index (Phi) is 8.09. The van der Waals surface area contributed by atoms with Crippen LogP contribution in [0.1, 0.15) is 25.3 Å². The first-order chi connectivity index (χ1) is 4.93. The van der Waals surface area contributed by atoms with Crippen LogP contribution in [-0.4, -0.2) is 51.4 Å². The summed E-state index contributed by atoms with van der Waals surface area (Å²) in [5.41, 5.74) is 1.46. The van der Waals surface area contributed by atoms with Gasteiger partial charge in [0, 0.05) is 0 Å². The Bertz CT molecular complexity index is 169. The van der Waals surface area contributed by atoms with Crippen molar-refractivity contribution in [1.82, 2.24) is 0 Å². The van der Waals surface area contributed by atoms with Gasteiger partial charge in [-0.2, -0.15) is 0 Å². The summed E-state index contributed by atoms with van der Waals surface area (Å²) in [5, 5.41) is 0. The molecular weight excluding hydrogens is 159 g/mol. The third kappa shape index (κ3) is 5.15. The van der Waals surface area contributed by atoms with Crippen LogP contribution in [0.3, 0.4) is 0 Å². The predicted octanol–water partition coefficient (Wildman–Crippen LogP) is 2.38. The first-order valence-corrected chi connectivity index (χ1v) is 3.97. The van der Waals surface area contributed by atoms with E-state index < -0.39 is 0 Å². The van der Waals surface area contributed by atoms with Crippen LogP contribution in [0.2, 0.25) is 0 Å². The maximum atomic E-state index is 2.23. The Labute approximate surface area is 112 Å². The summed E-state index contributed by atoms with van der Waals surface area (Å²) < 4.78 is 0. The van der Waals surface area contributed by atoms with Gasteiger partial charge in [0.25, 0.3) is 0 Å². The van der Waals surface area contributed by atoms with Crippen LogP contribution >= 0.6 is 0 Å². The van der Waals surface area contributed by atoms with Crippen molar-refractivity contribution in [1.29, 1.82) is 0 Å². The topological polar surface area (TPSA) is 0 Å². The van der Waals surface area contributed by atoms with Crippen LogP contribution < -0.4 is 0 Å². The van der Waals surface area contributed by atoms with Gasteiger partial charge in [0.1, 0.15) is 0 Å². The number of unbranched alkanes of at least 4 members (excludes halogenated alkanes) is 1. The van der Waals surface area contributed by atoms with Gasteiger partial charge in [-0.15, -0.1) is 0 Å². The van der Waals surface area contributed by atoms with Crippen molar-refractivity contribution in [2.24, 2.45) is 0 Å². The SMILES string of the molecule is CCCCc1ccccc1.[KH]. The Morgan fingerprint density at radius 3 is 2.27 bits per heavy atom. The van der Waals surface area contributed by atoms with E-state index in [-0.39, 0.29) is 51.4 Å². The van der Waals surface area contributed by atoms with Crippen molar-refractivity contribution in [2.45, 2.75) is 26.2 Å². The van der Waals surface area contributed by atoms with Gasteiger partial charge in [-0.05, 0) is 18.4 Å². The Hall–Kier alpha value is 0.856. The standard InChI is InChI=1S/C10H14.K.H/c1-2-3-7-10-8-5-4-6-9-10;;/h4-6,8-9H,2-3,7H2,1H3;;. The van der Waals surface area contributed by atoms with E-state index in [1.54, 1.807) is 0 Å². The maximum absolute atomic E-state index is 2.23. The fourth-order valence-electron chi connectivity index (χ4n) is 1.03. The normalized spacial score (nSPS) is 8.82. The molecule has 0 aliphatic rings. The molecule has 1 aromatic rings. The molecule has 0 amide bonds. The second-order valence-corrected chi connectivity index (χ2v) is 2.59. The van der Waals surface area contributed by atoms with E-state index >= 15 is 0 Å². The summed E-state index contributed by atoms with van der Waals surface area (Å²) in [7, 11) is 0. The summed E-state index contributed by atoms with van der Waals surface area (Å²) in [6, 6.07) is 10.6. The molecule has 0 nitrogen and oxygen atoms in total. The van der Waals surface area contributed by atoms with Crippen LogP contribution in [0.25, 0.3) is 0 Å². The van der Waals surface area contributed by atoms with Crippen molar-refractivity contribution in [3.05, 3.63) is 35.9 Å².